The quantitative estimate of drug-likeness (QED) is 0.900. The largest absolute Gasteiger partial charge is 0.348 e. The van der Waals surface area contributed by atoms with Gasteiger partial charge in [0.25, 0.3) is 5.91 Å². The molecule has 17 heavy (non-hydrogen) atoms. The number of fused-ring (bicyclic) bond motifs is 1. The zero-order chi connectivity index (χ0) is 11.5. The van der Waals surface area contributed by atoms with Gasteiger partial charge in [0.05, 0.1) is 5.56 Å². The first kappa shape index (κ1) is 14.0. The lowest BCUT2D eigenvalue weighted by atomic mass is 10.1. The number of amides is 1. The van der Waals surface area contributed by atoms with E-state index in [0.717, 1.165) is 15.6 Å². The maximum Gasteiger partial charge on any atom is 0.253 e. The van der Waals surface area contributed by atoms with Gasteiger partial charge < -0.3 is 11.1 Å². The van der Waals surface area contributed by atoms with Crippen molar-refractivity contribution in [3.8, 4) is 0 Å². The molecule has 0 unspecified atom stereocenters. The highest BCUT2D eigenvalue weighted by Crippen LogP contribution is 2.25. The molecule has 3 N–H and O–H groups in total. The molecule has 2 rings (SSSR count). The Morgan fingerprint density at radius 1 is 1.47 bits per heavy atom. The lowest BCUT2D eigenvalue weighted by Gasteiger charge is -2.10. The van der Waals surface area contributed by atoms with Crippen LogP contribution < -0.4 is 11.1 Å². The number of rotatable bonds is 3. The van der Waals surface area contributed by atoms with Crippen LogP contribution in [0.4, 0.5) is 0 Å². The Kier molecular flexibility index (Phi) is 4.93. The van der Waals surface area contributed by atoms with E-state index in [1.807, 2.05) is 36.6 Å². The first-order valence-corrected chi connectivity index (χ1v) is 6.07. The smallest absolute Gasteiger partial charge is 0.253 e. The van der Waals surface area contributed by atoms with Crippen molar-refractivity contribution >= 4 is 39.7 Å². The summed E-state index contributed by atoms with van der Waals surface area (Å²) in [5.74, 6) is -0.0459. The zero-order valence-electron chi connectivity index (χ0n) is 9.47. The van der Waals surface area contributed by atoms with Crippen molar-refractivity contribution in [2.24, 2.45) is 5.73 Å². The molecule has 0 radical (unpaired) electrons. The Morgan fingerprint density at radius 2 is 2.18 bits per heavy atom. The molecule has 0 saturated heterocycles. The number of thiophene rings is 1. The minimum absolute atomic E-state index is 0. The standard InChI is InChI=1S/C12H14N2OS.ClH/c1-8(6-13)14-12(15)10-7-16-11-5-3-2-4-9(10)11;/h2-5,7-8H,6,13H2,1H3,(H,14,15);1H/t8-;/m1./s1. The molecule has 0 aliphatic heterocycles. The first-order valence-electron chi connectivity index (χ1n) is 5.19. The summed E-state index contributed by atoms with van der Waals surface area (Å²) in [5, 5.41) is 5.77. The number of nitrogens with one attached hydrogen (secondary N) is 1. The second kappa shape index (κ2) is 6.00. The van der Waals surface area contributed by atoms with Gasteiger partial charge in [-0.15, -0.1) is 23.7 Å². The summed E-state index contributed by atoms with van der Waals surface area (Å²) in [6.07, 6.45) is 0. The van der Waals surface area contributed by atoms with Gasteiger partial charge in [-0.05, 0) is 13.0 Å². The average Bonchev–Trinajstić information content (AvgIpc) is 2.72. The Bertz CT molecular complexity index is 512. The third-order valence-corrected chi connectivity index (χ3v) is 3.42. The highest BCUT2D eigenvalue weighted by atomic mass is 35.5. The number of hydrogen-bond donors (Lipinski definition) is 2. The van der Waals surface area contributed by atoms with Crippen LogP contribution in [0.1, 0.15) is 17.3 Å². The zero-order valence-corrected chi connectivity index (χ0v) is 11.1. The van der Waals surface area contributed by atoms with Crippen LogP contribution in [0.25, 0.3) is 10.1 Å². The molecule has 1 atom stereocenters. The summed E-state index contributed by atoms with van der Waals surface area (Å²) in [4.78, 5) is 11.9. The van der Waals surface area contributed by atoms with Crippen molar-refractivity contribution < 1.29 is 4.79 Å². The SMILES string of the molecule is C[C@H](CN)NC(=O)c1csc2ccccc12.Cl. The van der Waals surface area contributed by atoms with Crippen molar-refractivity contribution in [2.75, 3.05) is 6.54 Å². The molecular weight excluding hydrogens is 256 g/mol. The molecule has 92 valence electrons. The van der Waals surface area contributed by atoms with Gasteiger partial charge in [-0.25, -0.2) is 0 Å². The van der Waals surface area contributed by atoms with E-state index in [4.69, 9.17) is 5.73 Å². The number of hydrogen-bond acceptors (Lipinski definition) is 3. The number of carbonyl (C=O) groups is 1. The van der Waals surface area contributed by atoms with Gasteiger partial charge in [-0.1, -0.05) is 18.2 Å². The molecule has 0 aliphatic carbocycles. The van der Waals surface area contributed by atoms with Crippen molar-refractivity contribution in [3.05, 3.63) is 35.2 Å². The highest BCUT2D eigenvalue weighted by molar-refractivity contribution is 7.17. The van der Waals surface area contributed by atoms with Crippen LogP contribution in [0, 0.1) is 0 Å². The van der Waals surface area contributed by atoms with E-state index in [2.05, 4.69) is 5.32 Å². The lowest BCUT2D eigenvalue weighted by Crippen LogP contribution is -2.37. The van der Waals surface area contributed by atoms with E-state index in [-0.39, 0.29) is 24.4 Å². The number of halogens is 1. The van der Waals surface area contributed by atoms with E-state index >= 15 is 0 Å². The van der Waals surface area contributed by atoms with Crippen LogP contribution in [0.3, 0.4) is 0 Å². The highest BCUT2D eigenvalue weighted by Gasteiger charge is 2.13. The summed E-state index contributed by atoms with van der Waals surface area (Å²) >= 11 is 1.58. The predicted octanol–water partition coefficient (Wildman–Crippen LogP) is 2.40. The van der Waals surface area contributed by atoms with Crippen LogP contribution in [-0.4, -0.2) is 18.5 Å². The molecular formula is C12H15ClN2OS. The van der Waals surface area contributed by atoms with Gasteiger partial charge in [0.2, 0.25) is 0 Å². The number of carbonyl (C=O) groups excluding carboxylic acids is 1. The maximum absolute atomic E-state index is 11.9. The van der Waals surface area contributed by atoms with Gasteiger partial charge >= 0.3 is 0 Å². The molecule has 0 spiro atoms. The Morgan fingerprint density at radius 3 is 2.88 bits per heavy atom. The van der Waals surface area contributed by atoms with Crippen LogP contribution in [0.5, 0.6) is 0 Å². The summed E-state index contributed by atoms with van der Waals surface area (Å²) in [5.41, 5.74) is 6.21. The summed E-state index contributed by atoms with van der Waals surface area (Å²) < 4.78 is 1.13. The van der Waals surface area contributed by atoms with Crippen LogP contribution >= 0.6 is 23.7 Å². The van der Waals surface area contributed by atoms with Gasteiger partial charge in [-0.2, -0.15) is 0 Å². The molecule has 1 aromatic heterocycles. The maximum atomic E-state index is 11.9. The van der Waals surface area contributed by atoms with E-state index in [0.29, 0.717) is 6.54 Å². The fourth-order valence-electron chi connectivity index (χ4n) is 1.51. The topological polar surface area (TPSA) is 55.1 Å². The Labute approximate surface area is 110 Å². The molecule has 5 heteroatoms. The van der Waals surface area contributed by atoms with Gasteiger partial charge in [0.15, 0.2) is 0 Å². The average molecular weight is 271 g/mol. The summed E-state index contributed by atoms with van der Waals surface area (Å²) in [7, 11) is 0. The molecule has 0 aliphatic rings. The van der Waals surface area contributed by atoms with Gasteiger partial charge in [0, 0.05) is 28.1 Å². The minimum Gasteiger partial charge on any atom is -0.348 e. The van der Waals surface area contributed by atoms with Crippen LogP contribution in [0.15, 0.2) is 29.6 Å². The van der Waals surface area contributed by atoms with E-state index in [1.165, 1.54) is 0 Å². The third-order valence-electron chi connectivity index (χ3n) is 2.46. The molecule has 2 aromatic rings. The Hall–Kier alpha value is -1.10. The first-order chi connectivity index (χ1) is 7.72. The monoisotopic (exact) mass is 270 g/mol. The minimum atomic E-state index is -0.0459. The summed E-state index contributed by atoms with van der Waals surface area (Å²) in [6.45, 7) is 2.35. The predicted molar refractivity (Wildman–Crippen MR) is 75.1 cm³/mol. The number of nitrogens with two attached hydrogens (primary N) is 1. The van der Waals surface area contributed by atoms with Crippen molar-refractivity contribution in [2.45, 2.75) is 13.0 Å². The van der Waals surface area contributed by atoms with Gasteiger partial charge in [0.1, 0.15) is 0 Å². The van der Waals surface area contributed by atoms with E-state index in [1.54, 1.807) is 11.3 Å². The van der Waals surface area contributed by atoms with E-state index < -0.39 is 0 Å². The molecule has 0 bridgehead atoms. The summed E-state index contributed by atoms with van der Waals surface area (Å²) in [6, 6.07) is 7.91. The van der Waals surface area contributed by atoms with Crippen LogP contribution in [0.2, 0.25) is 0 Å². The van der Waals surface area contributed by atoms with Crippen molar-refractivity contribution in [1.29, 1.82) is 0 Å². The fraction of sp³-hybridized carbons (Fsp3) is 0.250. The van der Waals surface area contributed by atoms with Crippen molar-refractivity contribution in [3.63, 3.8) is 0 Å². The molecule has 0 fully saturated rings. The second-order valence-corrected chi connectivity index (χ2v) is 4.67. The lowest BCUT2D eigenvalue weighted by molar-refractivity contribution is 0.0943. The Balaban J connectivity index is 0.00000144. The normalized spacial score (nSPS) is 11.9. The third kappa shape index (κ3) is 2.97. The molecule has 1 aromatic carbocycles. The molecule has 1 amide bonds. The molecule has 1 heterocycles. The van der Waals surface area contributed by atoms with Crippen LogP contribution in [-0.2, 0) is 0 Å². The van der Waals surface area contributed by atoms with Gasteiger partial charge in [-0.3, -0.25) is 4.79 Å². The van der Waals surface area contributed by atoms with Crippen molar-refractivity contribution in [1.82, 2.24) is 5.32 Å². The second-order valence-electron chi connectivity index (χ2n) is 3.76. The number of benzene rings is 1. The molecule has 3 nitrogen and oxygen atoms in total. The molecule has 0 saturated carbocycles. The van der Waals surface area contributed by atoms with E-state index in [9.17, 15) is 4.79 Å². The fourth-order valence-corrected chi connectivity index (χ4v) is 2.46.